The highest BCUT2D eigenvalue weighted by Crippen LogP contribution is 2.36. The summed E-state index contributed by atoms with van der Waals surface area (Å²) in [6.45, 7) is 7.11. The summed E-state index contributed by atoms with van der Waals surface area (Å²) in [5, 5.41) is 0. The predicted molar refractivity (Wildman–Crippen MR) is 109 cm³/mol. The van der Waals surface area contributed by atoms with Gasteiger partial charge in [-0.2, -0.15) is 0 Å². The number of nitrogens with zero attached hydrogens (tertiary/aromatic N) is 1. The molecule has 27 heavy (non-hydrogen) atoms. The lowest BCUT2D eigenvalue weighted by Crippen LogP contribution is -2.10. The lowest BCUT2D eigenvalue weighted by molar-refractivity contribution is -0.134. The minimum absolute atomic E-state index is 0.192. The number of unbranched alkanes of at least 4 members (excludes halogenated alkanes) is 2. The van der Waals surface area contributed by atoms with Gasteiger partial charge < -0.3 is 9.47 Å². The Bertz CT molecular complexity index is 714. The van der Waals surface area contributed by atoms with Crippen LogP contribution in [0.5, 0.6) is 11.5 Å². The monoisotopic (exact) mass is 369 g/mol. The summed E-state index contributed by atoms with van der Waals surface area (Å²) >= 11 is 0. The number of carbonyl (C=O) groups is 1. The first-order chi connectivity index (χ1) is 13.2. The van der Waals surface area contributed by atoms with E-state index in [1.54, 1.807) is 12.4 Å². The van der Waals surface area contributed by atoms with Crippen LogP contribution in [-0.2, 0) is 4.79 Å². The van der Waals surface area contributed by atoms with Crippen LogP contribution in [0.1, 0.15) is 59.3 Å². The molecule has 0 amide bonds. The van der Waals surface area contributed by atoms with Crippen LogP contribution in [0.4, 0.5) is 0 Å². The first kappa shape index (κ1) is 20.9. The largest absolute Gasteiger partial charge is 0.491 e. The molecule has 0 N–H and O–H groups in total. The quantitative estimate of drug-likeness (QED) is 0.275. The van der Waals surface area contributed by atoms with Crippen molar-refractivity contribution >= 4 is 5.97 Å². The van der Waals surface area contributed by atoms with Gasteiger partial charge in [0.1, 0.15) is 11.5 Å². The molecule has 1 heterocycles. The van der Waals surface area contributed by atoms with E-state index in [-0.39, 0.29) is 5.97 Å². The second kappa shape index (κ2) is 11.4. The van der Waals surface area contributed by atoms with Gasteiger partial charge >= 0.3 is 5.97 Å². The SMILES string of the molecule is CCCCCOc1cnccc1-c1ccccc1OC(=O)CCC(C)CC. The number of aromatic nitrogens is 1. The lowest BCUT2D eigenvalue weighted by atomic mass is 10.0. The van der Waals surface area contributed by atoms with E-state index in [2.05, 4.69) is 25.8 Å². The number of hydrogen-bond donors (Lipinski definition) is 0. The van der Waals surface area contributed by atoms with Gasteiger partial charge in [0.2, 0.25) is 0 Å². The minimum atomic E-state index is -0.192. The summed E-state index contributed by atoms with van der Waals surface area (Å²) in [6, 6.07) is 9.50. The molecule has 1 unspecified atom stereocenters. The number of pyridine rings is 1. The highest BCUT2D eigenvalue weighted by Gasteiger charge is 2.15. The first-order valence-corrected chi connectivity index (χ1v) is 10.0. The molecule has 1 atom stereocenters. The molecule has 0 spiro atoms. The van der Waals surface area contributed by atoms with E-state index >= 15 is 0 Å². The van der Waals surface area contributed by atoms with Crippen LogP contribution in [-0.4, -0.2) is 17.6 Å². The Morgan fingerprint density at radius 1 is 1.07 bits per heavy atom. The maximum absolute atomic E-state index is 12.3. The number of hydrogen-bond acceptors (Lipinski definition) is 4. The topological polar surface area (TPSA) is 48.4 Å². The molecule has 0 fully saturated rings. The first-order valence-electron chi connectivity index (χ1n) is 10.0. The Morgan fingerprint density at radius 2 is 1.85 bits per heavy atom. The van der Waals surface area contributed by atoms with Crippen molar-refractivity contribution in [2.24, 2.45) is 5.92 Å². The maximum Gasteiger partial charge on any atom is 0.311 e. The Hall–Kier alpha value is -2.36. The summed E-state index contributed by atoms with van der Waals surface area (Å²) in [5.41, 5.74) is 1.74. The smallest absolute Gasteiger partial charge is 0.311 e. The Kier molecular flexibility index (Phi) is 8.82. The highest BCUT2D eigenvalue weighted by atomic mass is 16.5. The number of carbonyl (C=O) groups excluding carboxylic acids is 1. The summed E-state index contributed by atoms with van der Waals surface area (Å²) in [4.78, 5) is 16.5. The van der Waals surface area contributed by atoms with Gasteiger partial charge in [0, 0.05) is 23.7 Å². The van der Waals surface area contributed by atoms with Gasteiger partial charge in [-0.1, -0.05) is 58.2 Å². The molecule has 2 rings (SSSR count). The van der Waals surface area contributed by atoms with Crippen molar-refractivity contribution in [2.75, 3.05) is 6.61 Å². The molecule has 2 aromatic rings. The molecule has 4 nitrogen and oxygen atoms in total. The van der Waals surface area contributed by atoms with Crippen LogP contribution in [0.2, 0.25) is 0 Å². The zero-order chi connectivity index (χ0) is 19.5. The maximum atomic E-state index is 12.3. The van der Waals surface area contributed by atoms with Gasteiger partial charge in [0.25, 0.3) is 0 Å². The number of esters is 1. The number of rotatable bonds is 11. The van der Waals surface area contributed by atoms with Gasteiger partial charge in [-0.3, -0.25) is 9.78 Å². The molecule has 0 saturated heterocycles. The third kappa shape index (κ3) is 6.70. The van der Waals surface area contributed by atoms with E-state index in [0.29, 0.717) is 24.7 Å². The van der Waals surface area contributed by atoms with Crippen molar-refractivity contribution in [3.63, 3.8) is 0 Å². The van der Waals surface area contributed by atoms with Crippen LogP contribution in [0.15, 0.2) is 42.7 Å². The summed E-state index contributed by atoms with van der Waals surface area (Å²) in [7, 11) is 0. The minimum Gasteiger partial charge on any atom is -0.491 e. The molecular weight excluding hydrogens is 338 g/mol. The Labute approximate surface area is 162 Å². The fraction of sp³-hybridized carbons (Fsp3) is 0.478. The van der Waals surface area contributed by atoms with Crippen LogP contribution in [0, 0.1) is 5.92 Å². The van der Waals surface area contributed by atoms with Gasteiger partial charge in [-0.25, -0.2) is 0 Å². The van der Waals surface area contributed by atoms with E-state index in [9.17, 15) is 4.79 Å². The van der Waals surface area contributed by atoms with E-state index in [4.69, 9.17) is 9.47 Å². The fourth-order valence-corrected chi connectivity index (χ4v) is 2.77. The van der Waals surface area contributed by atoms with Crippen LogP contribution in [0.25, 0.3) is 11.1 Å². The Balaban J connectivity index is 2.14. The van der Waals surface area contributed by atoms with Crippen LogP contribution in [0.3, 0.4) is 0 Å². The molecule has 0 radical (unpaired) electrons. The zero-order valence-electron chi connectivity index (χ0n) is 16.7. The van der Waals surface area contributed by atoms with Gasteiger partial charge in [0.15, 0.2) is 0 Å². The molecule has 1 aromatic carbocycles. The third-order valence-corrected chi connectivity index (χ3v) is 4.73. The molecule has 146 valence electrons. The van der Waals surface area contributed by atoms with E-state index in [1.807, 2.05) is 30.3 Å². The second-order valence-electron chi connectivity index (χ2n) is 6.95. The van der Waals surface area contributed by atoms with Crippen molar-refractivity contribution in [3.05, 3.63) is 42.7 Å². The number of ether oxygens (including phenoxy) is 2. The van der Waals surface area contributed by atoms with E-state index in [1.165, 1.54) is 0 Å². The highest BCUT2D eigenvalue weighted by molar-refractivity contribution is 5.80. The average molecular weight is 370 g/mol. The molecule has 0 aliphatic carbocycles. The summed E-state index contributed by atoms with van der Waals surface area (Å²) in [5.74, 6) is 1.62. The van der Waals surface area contributed by atoms with Crippen molar-refractivity contribution in [3.8, 4) is 22.6 Å². The molecule has 0 aliphatic rings. The standard InChI is InChI=1S/C23H31NO3/c1-4-6-9-16-26-22-17-24-15-14-20(22)19-10-7-8-11-21(19)27-23(25)13-12-18(3)5-2/h7-8,10-11,14-15,17-18H,4-6,9,12-13,16H2,1-3H3. The molecule has 0 bridgehead atoms. The lowest BCUT2D eigenvalue weighted by Gasteiger charge is -2.14. The van der Waals surface area contributed by atoms with Crippen LogP contribution >= 0.6 is 0 Å². The summed E-state index contributed by atoms with van der Waals surface area (Å²) in [6.07, 6.45) is 9.10. The van der Waals surface area contributed by atoms with Crippen molar-refractivity contribution in [2.45, 2.75) is 59.3 Å². The Morgan fingerprint density at radius 3 is 2.63 bits per heavy atom. The number of para-hydroxylation sites is 1. The normalized spacial score (nSPS) is 11.8. The van der Waals surface area contributed by atoms with Crippen LogP contribution < -0.4 is 9.47 Å². The second-order valence-corrected chi connectivity index (χ2v) is 6.95. The molecule has 4 heteroatoms. The van der Waals surface area contributed by atoms with E-state index < -0.39 is 0 Å². The summed E-state index contributed by atoms with van der Waals surface area (Å²) < 4.78 is 11.6. The van der Waals surface area contributed by atoms with Crippen molar-refractivity contribution in [1.29, 1.82) is 0 Å². The molecule has 0 aliphatic heterocycles. The zero-order valence-corrected chi connectivity index (χ0v) is 16.7. The average Bonchev–Trinajstić information content (AvgIpc) is 2.70. The molecule has 1 aromatic heterocycles. The van der Waals surface area contributed by atoms with Gasteiger partial charge in [-0.15, -0.1) is 0 Å². The van der Waals surface area contributed by atoms with Crippen molar-refractivity contribution in [1.82, 2.24) is 4.98 Å². The fourth-order valence-electron chi connectivity index (χ4n) is 2.77. The third-order valence-electron chi connectivity index (χ3n) is 4.73. The molecule has 0 saturated carbocycles. The predicted octanol–water partition coefficient (Wildman–Crippen LogP) is 6.05. The van der Waals surface area contributed by atoms with Gasteiger partial charge in [0.05, 0.1) is 12.8 Å². The number of benzene rings is 1. The van der Waals surface area contributed by atoms with Crippen molar-refractivity contribution < 1.29 is 14.3 Å². The molecular formula is C23H31NO3. The van der Waals surface area contributed by atoms with Gasteiger partial charge in [-0.05, 0) is 30.9 Å². The van der Waals surface area contributed by atoms with E-state index in [0.717, 1.165) is 49.0 Å².